The Morgan fingerprint density at radius 2 is 2.11 bits per heavy atom. The molecule has 1 atom stereocenters. The van der Waals surface area contributed by atoms with Gasteiger partial charge in [0.2, 0.25) is 5.91 Å². The lowest BCUT2D eigenvalue weighted by molar-refractivity contribution is -0.138. The summed E-state index contributed by atoms with van der Waals surface area (Å²) >= 11 is 0. The zero-order valence-corrected chi connectivity index (χ0v) is 12.0. The molecule has 1 fully saturated rings. The molecule has 0 aliphatic carbocycles. The van der Waals surface area contributed by atoms with Crippen molar-refractivity contribution in [1.29, 1.82) is 0 Å². The first-order chi connectivity index (χ1) is 9.00. The minimum Gasteiger partial charge on any atom is -0.481 e. The summed E-state index contributed by atoms with van der Waals surface area (Å²) in [7, 11) is 0. The van der Waals surface area contributed by atoms with Crippen LogP contribution in [0.15, 0.2) is 0 Å². The summed E-state index contributed by atoms with van der Waals surface area (Å²) in [6, 6.07) is 0.142. The second kappa shape index (κ2) is 8.15. The lowest BCUT2D eigenvalue weighted by Gasteiger charge is -2.27. The van der Waals surface area contributed by atoms with E-state index in [9.17, 15) is 9.59 Å². The molecule has 1 aliphatic heterocycles. The van der Waals surface area contributed by atoms with E-state index in [1.54, 1.807) is 0 Å². The summed E-state index contributed by atoms with van der Waals surface area (Å²) in [5, 5.41) is 11.9. The van der Waals surface area contributed by atoms with E-state index < -0.39 is 5.97 Å². The van der Waals surface area contributed by atoms with Crippen molar-refractivity contribution >= 4 is 11.9 Å². The molecule has 1 aliphatic rings. The fraction of sp³-hybridized carbons (Fsp3) is 0.857. The molecule has 0 spiro atoms. The Morgan fingerprint density at radius 3 is 2.63 bits per heavy atom. The standard InChI is InChI=1S/C14H26N2O3/c1-11(2)16(9-3-4-14(18)19)13(17)6-5-12-7-8-15-10-12/h11-12,15H,3-10H2,1-2H3,(H,18,19). The summed E-state index contributed by atoms with van der Waals surface area (Å²) in [5.41, 5.74) is 0. The van der Waals surface area contributed by atoms with Crippen LogP contribution in [0.1, 0.15) is 46.0 Å². The zero-order valence-electron chi connectivity index (χ0n) is 12.0. The summed E-state index contributed by atoms with van der Waals surface area (Å²) in [6.07, 6.45) is 3.34. The van der Waals surface area contributed by atoms with Crippen molar-refractivity contribution in [2.75, 3.05) is 19.6 Å². The fourth-order valence-electron chi connectivity index (χ4n) is 2.50. The third kappa shape index (κ3) is 6.05. The van der Waals surface area contributed by atoms with Gasteiger partial charge in [-0.3, -0.25) is 9.59 Å². The molecule has 1 amide bonds. The van der Waals surface area contributed by atoms with Crippen LogP contribution in [-0.4, -0.2) is 47.6 Å². The molecule has 0 saturated carbocycles. The average Bonchev–Trinajstić information content (AvgIpc) is 2.84. The third-order valence-electron chi connectivity index (χ3n) is 3.66. The summed E-state index contributed by atoms with van der Waals surface area (Å²) < 4.78 is 0. The monoisotopic (exact) mass is 270 g/mol. The highest BCUT2D eigenvalue weighted by Crippen LogP contribution is 2.16. The van der Waals surface area contributed by atoms with Gasteiger partial charge in [-0.1, -0.05) is 0 Å². The van der Waals surface area contributed by atoms with Crippen molar-refractivity contribution in [2.24, 2.45) is 5.92 Å². The van der Waals surface area contributed by atoms with Crippen LogP contribution in [-0.2, 0) is 9.59 Å². The Morgan fingerprint density at radius 1 is 1.37 bits per heavy atom. The highest BCUT2D eigenvalue weighted by atomic mass is 16.4. The number of nitrogens with one attached hydrogen (secondary N) is 1. The number of hydrogen-bond donors (Lipinski definition) is 2. The van der Waals surface area contributed by atoms with E-state index in [4.69, 9.17) is 5.11 Å². The molecule has 1 unspecified atom stereocenters. The van der Waals surface area contributed by atoms with E-state index in [1.165, 1.54) is 0 Å². The topological polar surface area (TPSA) is 69.6 Å². The summed E-state index contributed by atoms with van der Waals surface area (Å²) in [4.78, 5) is 24.5. The first-order valence-corrected chi connectivity index (χ1v) is 7.22. The van der Waals surface area contributed by atoms with E-state index >= 15 is 0 Å². The average molecular weight is 270 g/mol. The predicted molar refractivity (Wildman–Crippen MR) is 73.9 cm³/mol. The molecule has 19 heavy (non-hydrogen) atoms. The number of aliphatic carboxylic acids is 1. The molecule has 5 nitrogen and oxygen atoms in total. The van der Waals surface area contributed by atoms with Gasteiger partial charge in [0.1, 0.15) is 0 Å². The van der Waals surface area contributed by atoms with E-state index in [2.05, 4.69) is 5.32 Å². The maximum Gasteiger partial charge on any atom is 0.303 e. The van der Waals surface area contributed by atoms with Crippen LogP contribution in [0.2, 0.25) is 0 Å². The molecule has 0 aromatic heterocycles. The molecule has 2 N–H and O–H groups in total. The molecular formula is C14H26N2O3. The fourth-order valence-corrected chi connectivity index (χ4v) is 2.50. The van der Waals surface area contributed by atoms with Gasteiger partial charge in [0.05, 0.1) is 0 Å². The highest BCUT2D eigenvalue weighted by Gasteiger charge is 2.20. The van der Waals surface area contributed by atoms with Crippen molar-refractivity contribution in [2.45, 2.75) is 52.0 Å². The van der Waals surface area contributed by atoms with Crippen LogP contribution in [0.4, 0.5) is 0 Å². The van der Waals surface area contributed by atoms with Gasteiger partial charge in [0.25, 0.3) is 0 Å². The molecule has 1 heterocycles. The SMILES string of the molecule is CC(C)N(CCCC(=O)O)C(=O)CCC1CCNC1. The summed E-state index contributed by atoms with van der Waals surface area (Å²) in [6.45, 7) is 6.59. The van der Waals surface area contributed by atoms with E-state index in [0.717, 1.165) is 25.9 Å². The van der Waals surface area contributed by atoms with Crippen molar-refractivity contribution in [3.63, 3.8) is 0 Å². The van der Waals surface area contributed by atoms with Gasteiger partial charge < -0.3 is 15.3 Å². The maximum absolute atomic E-state index is 12.2. The van der Waals surface area contributed by atoms with Gasteiger partial charge >= 0.3 is 5.97 Å². The summed E-state index contributed by atoms with van der Waals surface area (Å²) in [5.74, 6) is -0.0162. The first-order valence-electron chi connectivity index (χ1n) is 7.22. The van der Waals surface area contributed by atoms with Gasteiger partial charge in [0, 0.05) is 25.4 Å². The molecule has 0 aromatic rings. The van der Waals surface area contributed by atoms with Crippen LogP contribution >= 0.6 is 0 Å². The van der Waals surface area contributed by atoms with Gasteiger partial charge in [-0.2, -0.15) is 0 Å². The number of carboxylic acid groups (broad SMARTS) is 1. The molecule has 110 valence electrons. The van der Waals surface area contributed by atoms with E-state index in [1.807, 2.05) is 18.7 Å². The van der Waals surface area contributed by atoms with Crippen molar-refractivity contribution in [3.05, 3.63) is 0 Å². The van der Waals surface area contributed by atoms with Crippen molar-refractivity contribution in [1.82, 2.24) is 10.2 Å². The van der Waals surface area contributed by atoms with Crippen molar-refractivity contribution in [3.8, 4) is 0 Å². The van der Waals surface area contributed by atoms with Crippen LogP contribution in [0.25, 0.3) is 0 Å². The Hall–Kier alpha value is -1.10. The smallest absolute Gasteiger partial charge is 0.303 e. The normalized spacial score (nSPS) is 18.8. The number of carboxylic acids is 1. The molecule has 0 bridgehead atoms. The molecule has 0 radical (unpaired) electrons. The largest absolute Gasteiger partial charge is 0.481 e. The first kappa shape index (κ1) is 16.0. The minimum absolute atomic E-state index is 0.128. The molecular weight excluding hydrogens is 244 g/mol. The molecule has 0 aromatic carbocycles. The third-order valence-corrected chi connectivity index (χ3v) is 3.66. The van der Waals surface area contributed by atoms with E-state index in [-0.39, 0.29) is 18.4 Å². The number of amides is 1. The van der Waals surface area contributed by atoms with Crippen LogP contribution in [0.5, 0.6) is 0 Å². The molecule has 1 rings (SSSR count). The lowest BCUT2D eigenvalue weighted by atomic mass is 10.0. The van der Waals surface area contributed by atoms with Gasteiger partial charge in [-0.25, -0.2) is 0 Å². The Labute approximate surface area is 115 Å². The highest BCUT2D eigenvalue weighted by molar-refractivity contribution is 5.76. The lowest BCUT2D eigenvalue weighted by Crippen LogP contribution is -2.38. The van der Waals surface area contributed by atoms with E-state index in [0.29, 0.717) is 25.3 Å². The quantitative estimate of drug-likeness (QED) is 0.701. The Balaban J connectivity index is 2.32. The number of rotatable bonds is 8. The number of nitrogens with zero attached hydrogens (tertiary/aromatic N) is 1. The second-order valence-electron chi connectivity index (χ2n) is 5.58. The molecule has 5 heteroatoms. The number of carbonyl (C=O) groups excluding carboxylic acids is 1. The van der Waals surface area contributed by atoms with Crippen molar-refractivity contribution < 1.29 is 14.7 Å². The van der Waals surface area contributed by atoms with Crippen LogP contribution in [0.3, 0.4) is 0 Å². The number of carbonyl (C=O) groups is 2. The number of hydrogen-bond acceptors (Lipinski definition) is 3. The van der Waals surface area contributed by atoms with Gasteiger partial charge in [-0.05, 0) is 52.1 Å². The predicted octanol–water partition coefficient (Wildman–Crippen LogP) is 1.48. The van der Waals surface area contributed by atoms with Gasteiger partial charge in [-0.15, -0.1) is 0 Å². The van der Waals surface area contributed by atoms with Crippen LogP contribution in [0, 0.1) is 5.92 Å². The second-order valence-corrected chi connectivity index (χ2v) is 5.58. The van der Waals surface area contributed by atoms with Gasteiger partial charge in [0.15, 0.2) is 0 Å². The van der Waals surface area contributed by atoms with Crippen LogP contribution < -0.4 is 5.32 Å². The zero-order chi connectivity index (χ0) is 14.3. The minimum atomic E-state index is -0.798. The molecule has 1 saturated heterocycles. The Kier molecular flexibility index (Phi) is 6.84. The Bertz CT molecular complexity index is 299. The maximum atomic E-state index is 12.2.